The summed E-state index contributed by atoms with van der Waals surface area (Å²) < 4.78 is 5.11. The number of fused-ring (bicyclic) bond motifs is 1. The van der Waals surface area contributed by atoms with Crippen molar-refractivity contribution in [2.45, 2.75) is 46.1 Å². The lowest BCUT2D eigenvalue weighted by molar-refractivity contribution is -0.121. The maximum absolute atomic E-state index is 12.2. The molecule has 6 heteroatoms. The van der Waals surface area contributed by atoms with Gasteiger partial charge in [0, 0.05) is 17.7 Å². The highest BCUT2D eigenvalue weighted by atomic mass is 16.5. The molecule has 2 aromatic rings. The van der Waals surface area contributed by atoms with E-state index in [9.17, 15) is 9.59 Å². The second-order valence-corrected chi connectivity index (χ2v) is 6.23. The third-order valence-corrected chi connectivity index (χ3v) is 4.42. The molecular weight excluding hydrogens is 306 g/mol. The number of aryl methyl sites for hydroxylation is 2. The Labute approximate surface area is 140 Å². The summed E-state index contributed by atoms with van der Waals surface area (Å²) in [6, 6.07) is 5.70. The first kappa shape index (κ1) is 16.2. The molecule has 2 N–H and O–H groups in total. The largest absolute Gasteiger partial charge is 0.361 e. The molecule has 3 rings (SSSR count). The third kappa shape index (κ3) is 3.32. The van der Waals surface area contributed by atoms with Crippen LogP contribution in [0.1, 0.15) is 47.5 Å². The van der Waals surface area contributed by atoms with Crippen LogP contribution in [0.4, 0.5) is 5.69 Å². The average Bonchev–Trinajstić information content (AvgIpc) is 3.06. The second kappa shape index (κ2) is 6.47. The summed E-state index contributed by atoms with van der Waals surface area (Å²) in [6.07, 6.45) is 1.40. The van der Waals surface area contributed by atoms with Gasteiger partial charge < -0.3 is 15.2 Å². The lowest BCUT2D eigenvalue weighted by Crippen LogP contribution is -2.27. The molecule has 24 heavy (non-hydrogen) atoms. The molecule has 1 aliphatic heterocycles. The van der Waals surface area contributed by atoms with E-state index in [1.165, 1.54) is 0 Å². The zero-order chi connectivity index (χ0) is 17.3. The lowest BCUT2D eigenvalue weighted by atomic mass is 10.0. The molecular formula is C18H21N3O3. The van der Waals surface area contributed by atoms with E-state index in [1.807, 2.05) is 39.0 Å². The predicted octanol–water partition coefficient (Wildman–Crippen LogP) is 2.60. The van der Waals surface area contributed by atoms with Gasteiger partial charge in [0.25, 0.3) is 0 Å². The van der Waals surface area contributed by atoms with Crippen molar-refractivity contribution in [2.24, 2.45) is 0 Å². The van der Waals surface area contributed by atoms with Crippen molar-refractivity contribution in [3.8, 4) is 0 Å². The summed E-state index contributed by atoms with van der Waals surface area (Å²) in [5, 5.41) is 9.72. The Morgan fingerprint density at radius 2 is 2.21 bits per heavy atom. The number of anilines is 1. The van der Waals surface area contributed by atoms with Gasteiger partial charge >= 0.3 is 0 Å². The first-order chi connectivity index (χ1) is 11.4. The van der Waals surface area contributed by atoms with Gasteiger partial charge in [0.1, 0.15) is 5.76 Å². The molecule has 2 heterocycles. The normalized spacial score (nSPS) is 14.2. The van der Waals surface area contributed by atoms with Crippen LogP contribution in [0.15, 0.2) is 22.7 Å². The molecule has 0 bridgehead atoms. The first-order valence-electron chi connectivity index (χ1n) is 8.08. The highest BCUT2D eigenvalue weighted by Crippen LogP contribution is 2.26. The molecule has 1 aliphatic rings. The molecule has 0 unspecified atom stereocenters. The fourth-order valence-corrected chi connectivity index (χ4v) is 3.01. The number of amides is 2. The standard InChI is InChI=1S/C18H21N3O3/c1-10(13-4-6-16-14(8-13)9-18(23)20-16)19-17(22)7-5-15-11(2)21-24-12(15)3/h4,6,8,10H,5,7,9H2,1-3H3,(H,19,22)(H,20,23)/t10-/m1/s1. The Kier molecular flexibility index (Phi) is 4.38. The van der Waals surface area contributed by atoms with Crippen LogP contribution in [0, 0.1) is 13.8 Å². The monoisotopic (exact) mass is 327 g/mol. The van der Waals surface area contributed by atoms with Crippen LogP contribution >= 0.6 is 0 Å². The van der Waals surface area contributed by atoms with Crippen molar-refractivity contribution in [3.05, 3.63) is 46.3 Å². The lowest BCUT2D eigenvalue weighted by Gasteiger charge is -2.15. The van der Waals surface area contributed by atoms with Crippen molar-refractivity contribution in [2.75, 3.05) is 5.32 Å². The molecule has 126 valence electrons. The van der Waals surface area contributed by atoms with Gasteiger partial charge in [0.2, 0.25) is 11.8 Å². The summed E-state index contributed by atoms with van der Waals surface area (Å²) in [6.45, 7) is 5.68. The number of carbonyl (C=O) groups excluding carboxylic acids is 2. The topological polar surface area (TPSA) is 84.2 Å². The minimum atomic E-state index is -0.108. The van der Waals surface area contributed by atoms with Gasteiger partial charge in [-0.05, 0) is 44.4 Å². The van der Waals surface area contributed by atoms with E-state index in [0.29, 0.717) is 19.3 Å². The number of hydrogen-bond donors (Lipinski definition) is 2. The van der Waals surface area contributed by atoms with Gasteiger partial charge in [-0.2, -0.15) is 0 Å². The summed E-state index contributed by atoms with van der Waals surface area (Å²) in [7, 11) is 0. The molecule has 2 amide bonds. The Morgan fingerprint density at radius 3 is 2.92 bits per heavy atom. The molecule has 6 nitrogen and oxygen atoms in total. The van der Waals surface area contributed by atoms with Gasteiger partial charge in [-0.25, -0.2) is 0 Å². The third-order valence-electron chi connectivity index (χ3n) is 4.42. The van der Waals surface area contributed by atoms with Crippen molar-refractivity contribution in [1.29, 1.82) is 0 Å². The van der Waals surface area contributed by atoms with Gasteiger partial charge in [0.15, 0.2) is 0 Å². The van der Waals surface area contributed by atoms with Crippen LogP contribution in [0.3, 0.4) is 0 Å². The number of nitrogens with one attached hydrogen (secondary N) is 2. The van der Waals surface area contributed by atoms with Crippen LogP contribution in [0.25, 0.3) is 0 Å². The zero-order valence-corrected chi connectivity index (χ0v) is 14.1. The fraction of sp³-hybridized carbons (Fsp3) is 0.389. The number of carbonyl (C=O) groups is 2. The molecule has 1 aromatic heterocycles. The van der Waals surface area contributed by atoms with E-state index in [4.69, 9.17) is 4.52 Å². The van der Waals surface area contributed by atoms with E-state index in [-0.39, 0.29) is 17.9 Å². The minimum absolute atomic E-state index is 0.0123. The van der Waals surface area contributed by atoms with E-state index < -0.39 is 0 Å². The minimum Gasteiger partial charge on any atom is -0.361 e. The molecule has 0 radical (unpaired) electrons. The fourth-order valence-electron chi connectivity index (χ4n) is 3.01. The van der Waals surface area contributed by atoms with E-state index in [1.54, 1.807) is 0 Å². The van der Waals surface area contributed by atoms with Crippen molar-refractivity contribution in [1.82, 2.24) is 10.5 Å². The molecule has 0 saturated heterocycles. The highest BCUT2D eigenvalue weighted by molar-refractivity contribution is 5.99. The Morgan fingerprint density at radius 1 is 1.42 bits per heavy atom. The zero-order valence-electron chi connectivity index (χ0n) is 14.1. The Hall–Kier alpha value is -2.63. The number of rotatable bonds is 5. The van der Waals surface area contributed by atoms with Crippen molar-refractivity contribution >= 4 is 17.5 Å². The molecule has 0 aliphatic carbocycles. The smallest absolute Gasteiger partial charge is 0.228 e. The van der Waals surface area contributed by atoms with Gasteiger partial charge in [-0.1, -0.05) is 17.3 Å². The first-order valence-corrected chi connectivity index (χ1v) is 8.08. The molecule has 1 aromatic carbocycles. The second-order valence-electron chi connectivity index (χ2n) is 6.23. The molecule has 1 atom stereocenters. The van der Waals surface area contributed by atoms with Crippen molar-refractivity contribution in [3.63, 3.8) is 0 Å². The summed E-state index contributed by atoms with van der Waals surface area (Å²) in [5.41, 5.74) is 4.68. The number of aromatic nitrogens is 1. The van der Waals surface area contributed by atoms with E-state index in [2.05, 4.69) is 15.8 Å². The summed E-state index contributed by atoms with van der Waals surface area (Å²) in [4.78, 5) is 23.6. The summed E-state index contributed by atoms with van der Waals surface area (Å²) in [5.74, 6) is 0.764. The van der Waals surface area contributed by atoms with E-state index >= 15 is 0 Å². The number of hydrogen-bond acceptors (Lipinski definition) is 4. The van der Waals surface area contributed by atoms with E-state index in [0.717, 1.165) is 33.8 Å². The highest BCUT2D eigenvalue weighted by Gasteiger charge is 2.19. The number of nitrogens with zero attached hydrogens (tertiary/aromatic N) is 1. The Bertz CT molecular complexity index is 775. The predicted molar refractivity (Wildman–Crippen MR) is 89.6 cm³/mol. The van der Waals surface area contributed by atoms with Gasteiger partial charge in [-0.3, -0.25) is 9.59 Å². The van der Waals surface area contributed by atoms with Crippen LogP contribution in [0.5, 0.6) is 0 Å². The van der Waals surface area contributed by atoms with Crippen LogP contribution in [-0.4, -0.2) is 17.0 Å². The van der Waals surface area contributed by atoms with Gasteiger partial charge in [-0.15, -0.1) is 0 Å². The molecule has 0 saturated carbocycles. The maximum Gasteiger partial charge on any atom is 0.228 e. The molecule has 0 fully saturated rings. The molecule has 0 spiro atoms. The van der Waals surface area contributed by atoms with Crippen LogP contribution in [0.2, 0.25) is 0 Å². The quantitative estimate of drug-likeness (QED) is 0.884. The van der Waals surface area contributed by atoms with Crippen molar-refractivity contribution < 1.29 is 14.1 Å². The van der Waals surface area contributed by atoms with Gasteiger partial charge in [0.05, 0.1) is 18.2 Å². The average molecular weight is 327 g/mol. The summed E-state index contributed by atoms with van der Waals surface area (Å²) >= 11 is 0. The number of benzene rings is 1. The Balaban J connectivity index is 1.58. The SMILES string of the molecule is Cc1noc(C)c1CCC(=O)N[C@H](C)c1ccc2c(c1)CC(=O)N2. The van der Waals surface area contributed by atoms with Crippen LogP contribution in [-0.2, 0) is 22.4 Å². The maximum atomic E-state index is 12.2. The van der Waals surface area contributed by atoms with Crippen LogP contribution < -0.4 is 10.6 Å².